The molecule has 0 radical (unpaired) electrons. The van der Waals surface area contributed by atoms with Crippen molar-refractivity contribution in [3.05, 3.63) is 34.3 Å². The second-order valence-electron chi connectivity index (χ2n) is 5.87. The van der Waals surface area contributed by atoms with E-state index in [1.807, 2.05) is 18.2 Å². The number of benzene rings is 1. The number of hydrogen-bond acceptors (Lipinski definition) is 4. The molecule has 0 spiro atoms. The van der Waals surface area contributed by atoms with E-state index in [1.54, 1.807) is 6.07 Å². The molecule has 1 atom stereocenters. The molecule has 124 valence electrons. The first kappa shape index (κ1) is 16.8. The molecule has 1 aromatic carbocycles. The largest absolute Gasteiger partial charge is 0.395 e. The lowest BCUT2D eigenvalue weighted by Crippen LogP contribution is -2.51. The van der Waals surface area contributed by atoms with Gasteiger partial charge in [-0.15, -0.1) is 0 Å². The Balaban J connectivity index is 1.78. The Morgan fingerprint density at radius 1 is 1.13 bits per heavy atom. The third-order valence-corrected chi connectivity index (χ3v) is 5.37. The van der Waals surface area contributed by atoms with E-state index >= 15 is 0 Å². The number of nitrogens with zero attached hydrogens (tertiary/aromatic N) is 3. The van der Waals surface area contributed by atoms with Crippen molar-refractivity contribution in [2.75, 3.05) is 37.7 Å². The Bertz CT molecular complexity index is 683. The molecule has 1 aliphatic heterocycles. The van der Waals surface area contributed by atoms with Gasteiger partial charge in [-0.3, -0.25) is 4.90 Å². The molecule has 1 saturated heterocycles. The number of pyridine rings is 1. The van der Waals surface area contributed by atoms with E-state index in [0.717, 1.165) is 49.3 Å². The van der Waals surface area contributed by atoms with Crippen LogP contribution in [0, 0.1) is 0 Å². The van der Waals surface area contributed by atoms with Crippen molar-refractivity contribution in [1.29, 1.82) is 0 Å². The fraction of sp³-hybridized carbons (Fsp3) is 0.471. The molecular weight excluding hydrogens is 333 g/mol. The number of aliphatic hydroxyl groups excluding tert-OH is 1. The first-order chi connectivity index (χ1) is 11.1. The lowest BCUT2D eigenvalue weighted by atomic mass is 10.1. The lowest BCUT2D eigenvalue weighted by Gasteiger charge is -2.39. The van der Waals surface area contributed by atoms with E-state index in [-0.39, 0.29) is 12.6 Å². The molecule has 1 fully saturated rings. The first-order valence-electron chi connectivity index (χ1n) is 7.98. The Morgan fingerprint density at radius 2 is 1.83 bits per heavy atom. The summed E-state index contributed by atoms with van der Waals surface area (Å²) in [5.41, 5.74) is 0.751. The van der Waals surface area contributed by atoms with Gasteiger partial charge >= 0.3 is 0 Å². The molecule has 23 heavy (non-hydrogen) atoms. The topological polar surface area (TPSA) is 39.6 Å². The number of halogens is 2. The van der Waals surface area contributed by atoms with Crippen molar-refractivity contribution < 1.29 is 5.11 Å². The van der Waals surface area contributed by atoms with Gasteiger partial charge in [-0.05, 0) is 24.6 Å². The molecule has 0 bridgehead atoms. The van der Waals surface area contributed by atoms with E-state index in [2.05, 4.69) is 16.7 Å². The van der Waals surface area contributed by atoms with Gasteiger partial charge in [-0.25, -0.2) is 4.98 Å². The molecule has 1 aromatic heterocycles. The van der Waals surface area contributed by atoms with Crippen LogP contribution in [-0.4, -0.2) is 53.8 Å². The maximum absolute atomic E-state index is 9.44. The molecule has 1 N–H and O–H groups in total. The summed E-state index contributed by atoms with van der Waals surface area (Å²) in [5, 5.41) is 11.5. The van der Waals surface area contributed by atoms with Gasteiger partial charge < -0.3 is 10.0 Å². The molecule has 2 aromatic rings. The number of anilines is 1. The molecule has 1 unspecified atom stereocenters. The third kappa shape index (κ3) is 3.41. The van der Waals surface area contributed by atoms with Crippen molar-refractivity contribution in [3.8, 4) is 0 Å². The van der Waals surface area contributed by atoms with E-state index in [1.165, 1.54) is 0 Å². The molecule has 0 amide bonds. The van der Waals surface area contributed by atoms with Gasteiger partial charge in [0.05, 0.1) is 22.2 Å². The number of rotatable bonds is 4. The van der Waals surface area contributed by atoms with Crippen LogP contribution in [0.3, 0.4) is 0 Å². The highest BCUT2D eigenvalue weighted by molar-refractivity contribution is 6.45. The van der Waals surface area contributed by atoms with Crippen molar-refractivity contribution in [3.63, 3.8) is 0 Å². The zero-order valence-electron chi connectivity index (χ0n) is 13.2. The minimum Gasteiger partial charge on any atom is -0.395 e. The quantitative estimate of drug-likeness (QED) is 0.913. The van der Waals surface area contributed by atoms with Crippen LogP contribution in [-0.2, 0) is 0 Å². The van der Waals surface area contributed by atoms with Crippen molar-refractivity contribution >= 4 is 39.9 Å². The Kier molecular flexibility index (Phi) is 5.27. The number of fused-ring (bicyclic) bond motifs is 1. The van der Waals surface area contributed by atoms with Gasteiger partial charge in [0.25, 0.3) is 0 Å². The van der Waals surface area contributed by atoms with E-state index < -0.39 is 0 Å². The highest BCUT2D eigenvalue weighted by atomic mass is 35.5. The summed E-state index contributed by atoms with van der Waals surface area (Å²) >= 11 is 12.4. The van der Waals surface area contributed by atoms with Gasteiger partial charge in [-0.2, -0.15) is 0 Å². The predicted octanol–water partition coefficient (Wildman–Crippen LogP) is 3.43. The van der Waals surface area contributed by atoms with Gasteiger partial charge in [0, 0.05) is 37.6 Å². The average molecular weight is 354 g/mol. The lowest BCUT2D eigenvalue weighted by molar-refractivity contribution is 0.114. The fourth-order valence-corrected chi connectivity index (χ4v) is 3.48. The Hall–Kier alpha value is -1.07. The molecule has 0 saturated carbocycles. The normalized spacial score (nSPS) is 17.7. The monoisotopic (exact) mass is 353 g/mol. The van der Waals surface area contributed by atoms with Crippen LogP contribution in [0.4, 0.5) is 5.82 Å². The highest BCUT2D eigenvalue weighted by Crippen LogP contribution is 2.31. The number of piperazine rings is 1. The van der Waals surface area contributed by atoms with Gasteiger partial charge in [0.15, 0.2) is 0 Å². The standard InChI is InChI=1S/C17H21Cl2N3O/c1-2-13(11-23)21-7-9-22(10-8-21)15-6-4-12-3-5-14(18)16(19)17(12)20-15/h3-6,13,23H,2,7-11H2,1H3. The van der Waals surface area contributed by atoms with Gasteiger partial charge in [0.2, 0.25) is 0 Å². The maximum atomic E-state index is 9.44. The summed E-state index contributed by atoms with van der Waals surface area (Å²) in [5.74, 6) is 0.929. The SMILES string of the molecule is CCC(CO)N1CCN(c2ccc3ccc(Cl)c(Cl)c3n2)CC1. The van der Waals surface area contributed by atoms with Crippen molar-refractivity contribution in [2.24, 2.45) is 0 Å². The average Bonchev–Trinajstić information content (AvgIpc) is 2.60. The summed E-state index contributed by atoms with van der Waals surface area (Å²) in [7, 11) is 0. The molecule has 6 heteroatoms. The van der Waals surface area contributed by atoms with Crippen LogP contribution in [0.1, 0.15) is 13.3 Å². The Labute approximate surface area is 146 Å². The van der Waals surface area contributed by atoms with Gasteiger partial charge in [0.1, 0.15) is 5.82 Å². The summed E-state index contributed by atoms with van der Waals surface area (Å²) < 4.78 is 0. The number of aliphatic hydroxyl groups is 1. The number of aromatic nitrogens is 1. The van der Waals surface area contributed by atoms with Crippen molar-refractivity contribution in [2.45, 2.75) is 19.4 Å². The van der Waals surface area contributed by atoms with E-state index in [9.17, 15) is 5.11 Å². The molecule has 0 aliphatic carbocycles. The van der Waals surface area contributed by atoms with Crippen LogP contribution >= 0.6 is 23.2 Å². The van der Waals surface area contributed by atoms with Crippen molar-refractivity contribution in [1.82, 2.24) is 9.88 Å². The molecule has 1 aliphatic rings. The van der Waals surface area contributed by atoms with Gasteiger partial charge in [-0.1, -0.05) is 36.2 Å². The second kappa shape index (κ2) is 7.22. The smallest absolute Gasteiger partial charge is 0.129 e. The Morgan fingerprint density at radius 3 is 2.48 bits per heavy atom. The predicted molar refractivity (Wildman–Crippen MR) is 96.7 cm³/mol. The van der Waals surface area contributed by atoms with Crippen LogP contribution in [0.2, 0.25) is 10.0 Å². The van der Waals surface area contributed by atoms with E-state index in [0.29, 0.717) is 10.0 Å². The fourth-order valence-electron chi connectivity index (χ4n) is 3.11. The van der Waals surface area contributed by atoms with Crippen LogP contribution in [0.5, 0.6) is 0 Å². The zero-order chi connectivity index (χ0) is 16.4. The van der Waals surface area contributed by atoms with Crippen LogP contribution < -0.4 is 4.90 Å². The minimum absolute atomic E-state index is 0.221. The summed E-state index contributed by atoms with van der Waals surface area (Å²) in [6.07, 6.45) is 0.971. The highest BCUT2D eigenvalue weighted by Gasteiger charge is 2.23. The first-order valence-corrected chi connectivity index (χ1v) is 8.74. The third-order valence-electron chi connectivity index (χ3n) is 4.58. The van der Waals surface area contributed by atoms with Crippen LogP contribution in [0.25, 0.3) is 10.9 Å². The van der Waals surface area contributed by atoms with Crippen LogP contribution in [0.15, 0.2) is 24.3 Å². The molecular formula is C17H21Cl2N3O. The second-order valence-corrected chi connectivity index (χ2v) is 6.66. The minimum atomic E-state index is 0.221. The maximum Gasteiger partial charge on any atom is 0.129 e. The molecule has 2 heterocycles. The summed E-state index contributed by atoms with van der Waals surface area (Å²) in [4.78, 5) is 9.32. The molecule has 3 rings (SSSR count). The summed E-state index contributed by atoms with van der Waals surface area (Å²) in [6, 6.07) is 8.06. The molecule has 4 nitrogen and oxygen atoms in total. The summed E-state index contributed by atoms with van der Waals surface area (Å²) in [6.45, 7) is 5.99. The zero-order valence-corrected chi connectivity index (χ0v) is 14.7. The van der Waals surface area contributed by atoms with E-state index in [4.69, 9.17) is 28.2 Å². The number of hydrogen-bond donors (Lipinski definition) is 1.